The third kappa shape index (κ3) is 6.40. The molecule has 6 rings (SSSR count). The van der Waals surface area contributed by atoms with E-state index in [0.29, 0.717) is 43.0 Å². The van der Waals surface area contributed by atoms with Gasteiger partial charge in [0.15, 0.2) is 0 Å². The maximum atomic E-state index is 13.4. The van der Waals surface area contributed by atoms with Crippen LogP contribution in [-0.2, 0) is 13.0 Å². The van der Waals surface area contributed by atoms with Crippen molar-refractivity contribution in [2.24, 2.45) is 0 Å². The van der Waals surface area contributed by atoms with Gasteiger partial charge in [-0.05, 0) is 62.3 Å². The summed E-state index contributed by atoms with van der Waals surface area (Å²) in [6.07, 6.45) is 4.92. The number of aliphatic hydroxyl groups excluding tert-OH is 1. The Labute approximate surface area is 237 Å². The fraction of sp³-hybridized carbons (Fsp3) is 0.552. The number of nitrogens with one attached hydrogen (secondary N) is 1. The molecule has 2 fully saturated rings. The summed E-state index contributed by atoms with van der Waals surface area (Å²) in [5.74, 6) is 1.24. The molecule has 9 heteroatoms. The Kier molecular flexibility index (Phi) is 9.48. The third-order valence-electron chi connectivity index (χ3n) is 8.12. The van der Waals surface area contributed by atoms with E-state index in [2.05, 4.69) is 34.5 Å². The standard InChI is InChI=1S/C29H37N3O4.2ClH/c1-19-15-32(18-24(33)17-31-11-10-20-4-2-3-5-21(20)16-31)29(34)27-9-8-25(14-28(27)35-19)36-26-12-22-6-7-23(13-26)30-22;;/h2-5,8-9,14,19,22-24,26,30,33H,6-7,10-13,15-18H2,1H3;2*1H/t19-,22?,23?,24-,26?;;/m1../s1. The van der Waals surface area contributed by atoms with Crippen molar-refractivity contribution in [3.05, 3.63) is 59.2 Å². The molecule has 4 atom stereocenters. The lowest BCUT2D eigenvalue weighted by molar-refractivity contribution is 0.0454. The molecule has 2 bridgehead atoms. The monoisotopic (exact) mass is 563 g/mol. The number of ether oxygens (including phenoxy) is 2. The van der Waals surface area contributed by atoms with Crippen molar-refractivity contribution in [2.45, 2.75) is 76.0 Å². The highest BCUT2D eigenvalue weighted by atomic mass is 35.5. The molecule has 2 saturated heterocycles. The van der Waals surface area contributed by atoms with E-state index in [1.54, 1.807) is 4.90 Å². The van der Waals surface area contributed by atoms with E-state index in [4.69, 9.17) is 9.47 Å². The van der Waals surface area contributed by atoms with Gasteiger partial charge in [-0.15, -0.1) is 24.8 Å². The quantitative estimate of drug-likeness (QED) is 0.556. The van der Waals surface area contributed by atoms with Crippen molar-refractivity contribution >= 4 is 30.7 Å². The Morgan fingerprint density at radius 3 is 2.58 bits per heavy atom. The first-order chi connectivity index (χ1) is 17.5. The van der Waals surface area contributed by atoms with Gasteiger partial charge in [0.05, 0.1) is 18.2 Å². The Hall–Kier alpha value is -2.03. The fourth-order valence-electron chi connectivity index (χ4n) is 6.44. The minimum absolute atomic E-state index is 0. The predicted molar refractivity (Wildman–Crippen MR) is 152 cm³/mol. The van der Waals surface area contributed by atoms with Crippen molar-refractivity contribution in [1.82, 2.24) is 15.1 Å². The maximum Gasteiger partial charge on any atom is 0.257 e. The molecule has 2 unspecified atom stereocenters. The number of carbonyl (C=O) groups is 1. The summed E-state index contributed by atoms with van der Waals surface area (Å²) < 4.78 is 12.5. The molecule has 0 radical (unpaired) electrons. The van der Waals surface area contributed by atoms with Gasteiger partial charge in [-0.1, -0.05) is 24.3 Å². The van der Waals surface area contributed by atoms with E-state index in [9.17, 15) is 9.90 Å². The highest BCUT2D eigenvalue weighted by Gasteiger charge is 2.35. The topological polar surface area (TPSA) is 74.3 Å². The van der Waals surface area contributed by atoms with Crippen LogP contribution in [0.15, 0.2) is 42.5 Å². The van der Waals surface area contributed by atoms with Crippen LogP contribution in [0.4, 0.5) is 0 Å². The summed E-state index contributed by atoms with van der Waals surface area (Å²) in [6, 6.07) is 15.2. The van der Waals surface area contributed by atoms with Crippen LogP contribution in [0.5, 0.6) is 11.5 Å². The normalized spacial score (nSPS) is 27.1. The largest absolute Gasteiger partial charge is 0.490 e. The molecule has 0 saturated carbocycles. The molecule has 208 valence electrons. The lowest BCUT2D eigenvalue weighted by Gasteiger charge is -2.32. The van der Waals surface area contributed by atoms with E-state index >= 15 is 0 Å². The number of halogens is 2. The van der Waals surface area contributed by atoms with Crippen LogP contribution < -0.4 is 14.8 Å². The zero-order valence-corrected chi connectivity index (χ0v) is 23.5. The second kappa shape index (κ2) is 12.4. The van der Waals surface area contributed by atoms with E-state index in [-0.39, 0.29) is 42.9 Å². The van der Waals surface area contributed by atoms with Crippen molar-refractivity contribution in [3.8, 4) is 11.5 Å². The molecule has 2 aromatic rings. The maximum absolute atomic E-state index is 13.4. The number of fused-ring (bicyclic) bond motifs is 4. The summed E-state index contributed by atoms with van der Waals surface area (Å²) in [6.45, 7) is 5.02. The van der Waals surface area contributed by atoms with Crippen molar-refractivity contribution in [1.29, 1.82) is 0 Å². The van der Waals surface area contributed by atoms with Gasteiger partial charge in [0, 0.05) is 44.3 Å². The molecule has 2 aromatic carbocycles. The molecule has 4 heterocycles. The first kappa shape index (κ1) is 29.0. The summed E-state index contributed by atoms with van der Waals surface area (Å²) in [5, 5.41) is 14.6. The van der Waals surface area contributed by atoms with E-state index in [1.807, 2.05) is 25.1 Å². The van der Waals surface area contributed by atoms with Crippen LogP contribution >= 0.6 is 24.8 Å². The van der Waals surface area contributed by atoms with Gasteiger partial charge in [-0.25, -0.2) is 0 Å². The molecule has 4 aliphatic heterocycles. The number of hydrogen-bond acceptors (Lipinski definition) is 6. The predicted octanol–water partition coefficient (Wildman–Crippen LogP) is 3.83. The molecule has 0 aromatic heterocycles. The van der Waals surface area contributed by atoms with E-state index in [0.717, 1.165) is 38.1 Å². The molecular weight excluding hydrogens is 525 g/mol. The van der Waals surface area contributed by atoms with Gasteiger partial charge < -0.3 is 24.8 Å². The van der Waals surface area contributed by atoms with Crippen LogP contribution in [0.2, 0.25) is 0 Å². The Balaban J connectivity index is 0.00000168. The molecule has 4 aliphatic rings. The third-order valence-corrected chi connectivity index (χ3v) is 8.12. The smallest absolute Gasteiger partial charge is 0.257 e. The number of nitrogens with zero attached hydrogens (tertiary/aromatic N) is 2. The number of aliphatic hydroxyl groups is 1. The van der Waals surface area contributed by atoms with E-state index < -0.39 is 6.10 Å². The number of piperidine rings is 1. The second-order valence-electron chi connectivity index (χ2n) is 11.1. The minimum atomic E-state index is -0.620. The minimum Gasteiger partial charge on any atom is -0.490 e. The molecular formula is C29H39Cl2N3O4. The number of benzene rings is 2. The summed E-state index contributed by atoms with van der Waals surface area (Å²) in [5.41, 5.74) is 3.26. The number of carbonyl (C=O) groups excluding carboxylic acids is 1. The second-order valence-corrected chi connectivity index (χ2v) is 11.1. The molecule has 1 amide bonds. The van der Waals surface area contributed by atoms with Crippen LogP contribution in [0.3, 0.4) is 0 Å². The molecule has 0 spiro atoms. The molecule has 7 nitrogen and oxygen atoms in total. The summed E-state index contributed by atoms with van der Waals surface area (Å²) in [7, 11) is 0. The highest BCUT2D eigenvalue weighted by Crippen LogP contribution is 2.33. The first-order valence-corrected chi connectivity index (χ1v) is 13.5. The van der Waals surface area contributed by atoms with Crippen molar-refractivity contribution in [3.63, 3.8) is 0 Å². The highest BCUT2D eigenvalue weighted by molar-refractivity contribution is 5.97. The Bertz CT molecular complexity index is 1110. The zero-order chi connectivity index (χ0) is 24.6. The Morgan fingerprint density at radius 2 is 1.82 bits per heavy atom. The fourth-order valence-corrected chi connectivity index (χ4v) is 6.44. The number of rotatable bonds is 6. The van der Waals surface area contributed by atoms with E-state index in [1.165, 1.54) is 24.0 Å². The average Bonchev–Trinajstić information content (AvgIpc) is 3.15. The molecule has 2 N–H and O–H groups in total. The SMILES string of the molecule is C[C@@H]1CN(C[C@H](O)CN2CCc3ccccc3C2)C(=O)c2ccc(OC3CC4CCC(C3)N4)cc2O1.Cl.Cl. The zero-order valence-electron chi connectivity index (χ0n) is 21.9. The Morgan fingerprint density at radius 1 is 1.08 bits per heavy atom. The number of amides is 1. The van der Waals surface area contributed by atoms with Gasteiger partial charge in [-0.2, -0.15) is 0 Å². The van der Waals surface area contributed by atoms with Gasteiger partial charge in [0.1, 0.15) is 23.7 Å². The summed E-state index contributed by atoms with van der Waals surface area (Å²) >= 11 is 0. The lowest BCUT2D eigenvalue weighted by Crippen LogP contribution is -2.45. The number of β-amino-alcohol motifs (C(OH)–C–C–N with tert-alkyl or cyclic N) is 1. The van der Waals surface area contributed by atoms with Crippen LogP contribution in [0, 0.1) is 0 Å². The van der Waals surface area contributed by atoms with Crippen molar-refractivity contribution < 1.29 is 19.4 Å². The first-order valence-electron chi connectivity index (χ1n) is 13.5. The van der Waals surface area contributed by atoms with Gasteiger partial charge in [0.25, 0.3) is 5.91 Å². The molecule has 38 heavy (non-hydrogen) atoms. The summed E-state index contributed by atoms with van der Waals surface area (Å²) in [4.78, 5) is 17.5. The van der Waals surface area contributed by atoms with Crippen LogP contribution in [-0.4, -0.2) is 77.4 Å². The average molecular weight is 565 g/mol. The van der Waals surface area contributed by atoms with Crippen LogP contribution in [0.1, 0.15) is 54.1 Å². The van der Waals surface area contributed by atoms with Gasteiger partial charge in [0.2, 0.25) is 0 Å². The number of hydrogen-bond donors (Lipinski definition) is 2. The van der Waals surface area contributed by atoms with Crippen LogP contribution in [0.25, 0.3) is 0 Å². The molecule has 0 aliphatic carbocycles. The van der Waals surface area contributed by atoms with Gasteiger partial charge >= 0.3 is 0 Å². The van der Waals surface area contributed by atoms with Crippen molar-refractivity contribution in [2.75, 3.05) is 26.2 Å². The van der Waals surface area contributed by atoms with Gasteiger partial charge in [-0.3, -0.25) is 9.69 Å². The lowest BCUT2D eigenvalue weighted by atomic mass is 10.00.